The lowest BCUT2D eigenvalue weighted by Crippen LogP contribution is -2.55. The molecule has 1 fully saturated rings. The zero-order valence-corrected chi connectivity index (χ0v) is 13.2. The van der Waals surface area contributed by atoms with E-state index >= 15 is 0 Å². The van der Waals surface area contributed by atoms with Crippen molar-refractivity contribution in [2.75, 3.05) is 26.2 Å². The molecule has 1 N–H and O–H groups in total. The quantitative estimate of drug-likeness (QED) is 0.370. The summed E-state index contributed by atoms with van der Waals surface area (Å²) in [5.41, 5.74) is 0.375. The number of ether oxygens (including phenoxy) is 1. The van der Waals surface area contributed by atoms with Crippen molar-refractivity contribution in [3.05, 3.63) is 46.0 Å². The van der Waals surface area contributed by atoms with E-state index in [0.717, 1.165) is 0 Å². The third-order valence-corrected chi connectivity index (χ3v) is 3.48. The summed E-state index contributed by atoms with van der Waals surface area (Å²) in [5, 5.41) is 13.7. The average molecular weight is 332 g/mol. The fraction of sp³-hybridized carbons (Fsp3) is 0.375. The molecule has 1 saturated heterocycles. The Morgan fingerprint density at radius 1 is 1.58 bits per heavy atom. The summed E-state index contributed by atoms with van der Waals surface area (Å²) in [4.78, 5) is 35.7. The number of piperazine rings is 1. The van der Waals surface area contributed by atoms with E-state index in [1.54, 1.807) is 13.0 Å². The van der Waals surface area contributed by atoms with Gasteiger partial charge in [0.25, 0.3) is 5.69 Å². The summed E-state index contributed by atoms with van der Waals surface area (Å²) in [6.45, 7) is 3.21. The number of nitrogens with zero attached hydrogens (tertiary/aromatic N) is 2. The first kappa shape index (κ1) is 17.6. The summed E-state index contributed by atoms with van der Waals surface area (Å²) in [6, 6.07) is 6.35. The Morgan fingerprint density at radius 2 is 2.38 bits per heavy atom. The molecule has 0 aliphatic carbocycles. The zero-order valence-electron chi connectivity index (χ0n) is 13.2. The van der Waals surface area contributed by atoms with Gasteiger partial charge in [-0.2, -0.15) is 0 Å². The molecule has 1 aliphatic heterocycles. The third-order valence-electron chi connectivity index (χ3n) is 3.48. The maximum Gasteiger partial charge on any atom is 0.324 e. The minimum Gasteiger partial charge on any atom is -0.465 e. The first-order chi connectivity index (χ1) is 11.5. The molecule has 0 saturated carbocycles. The van der Waals surface area contributed by atoms with E-state index < -0.39 is 11.0 Å². The molecule has 2 rings (SSSR count). The molecule has 1 aromatic rings. The average Bonchev–Trinajstić information content (AvgIpc) is 2.60. The molecule has 1 unspecified atom stereocenters. The molecule has 1 aromatic carbocycles. The number of non-ortho nitro benzene ring substituents is 1. The van der Waals surface area contributed by atoms with Crippen molar-refractivity contribution in [2.24, 2.45) is 0 Å². The van der Waals surface area contributed by atoms with Gasteiger partial charge in [-0.25, -0.2) is 0 Å². The number of amides is 1. The van der Waals surface area contributed by atoms with Crippen LogP contribution in [-0.2, 0) is 14.3 Å². The third kappa shape index (κ3) is 4.63. The summed E-state index contributed by atoms with van der Waals surface area (Å²) >= 11 is 0. The molecule has 24 heavy (non-hydrogen) atoms. The van der Waals surface area contributed by atoms with Gasteiger partial charge in [-0.05, 0) is 24.6 Å². The predicted octanol–water partition coefficient (Wildman–Crippen LogP) is 0.772. The highest BCUT2D eigenvalue weighted by Crippen LogP contribution is 2.13. The Hall–Kier alpha value is -2.74. The number of hydrogen-bond donors (Lipinski definition) is 1. The minimum atomic E-state index is -0.542. The molecule has 0 spiro atoms. The van der Waals surface area contributed by atoms with Gasteiger partial charge in [-0.1, -0.05) is 6.07 Å². The molecule has 1 atom stereocenters. The van der Waals surface area contributed by atoms with E-state index in [4.69, 9.17) is 4.74 Å². The molecule has 8 nitrogen and oxygen atoms in total. The number of nitro groups is 1. The smallest absolute Gasteiger partial charge is 0.324 e. The monoisotopic (exact) mass is 332 g/mol. The van der Waals surface area contributed by atoms with Crippen LogP contribution in [0.15, 0.2) is 24.3 Å². The van der Waals surface area contributed by atoms with E-state index in [1.807, 2.05) is 0 Å². The maximum absolute atomic E-state index is 12.2. The normalized spacial score (nSPS) is 17.7. The topological polar surface area (TPSA) is 102 Å². The largest absolute Gasteiger partial charge is 0.465 e. The minimum absolute atomic E-state index is 0.158. The number of carbonyl (C=O) groups is 2. The molecule has 1 heterocycles. The Labute approximate surface area is 139 Å². The van der Waals surface area contributed by atoms with Crippen molar-refractivity contribution in [1.82, 2.24) is 10.2 Å². The molecular formula is C16H18N3O5. The van der Waals surface area contributed by atoms with Crippen LogP contribution in [0.1, 0.15) is 12.5 Å². The second-order valence-corrected chi connectivity index (χ2v) is 5.14. The van der Waals surface area contributed by atoms with Crippen LogP contribution >= 0.6 is 0 Å². The highest BCUT2D eigenvalue weighted by Gasteiger charge is 2.27. The van der Waals surface area contributed by atoms with E-state index in [9.17, 15) is 19.7 Å². The molecule has 1 radical (unpaired) electrons. The van der Waals surface area contributed by atoms with Crippen LogP contribution in [-0.4, -0.2) is 54.0 Å². The van der Waals surface area contributed by atoms with Gasteiger partial charge < -0.3 is 15.0 Å². The van der Waals surface area contributed by atoms with Crippen LogP contribution < -0.4 is 5.32 Å². The van der Waals surface area contributed by atoms with Gasteiger partial charge in [-0.3, -0.25) is 19.7 Å². The Kier molecular flexibility index (Phi) is 6.02. The number of hydrogen-bond acceptors (Lipinski definition) is 6. The summed E-state index contributed by atoms with van der Waals surface area (Å²) in [5.74, 6) is -0.644. The van der Waals surface area contributed by atoms with Crippen molar-refractivity contribution in [3.63, 3.8) is 0 Å². The highest BCUT2D eigenvalue weighted by atomic mass is 16.6. The molecule has 127 valence electrons. The van der Waals surface area contributed by atoms with Crippen LogP contribution in [0.5, 0.6) is 0 Å². The molecule has 0 bridgehead atoms. The van der Waals surface area contributed by atoms with Crippen molar-refractivity contribution in [2.45, 2.75) is 13.0 Å². The van der Waals surface area contributed by atoms with Crippen molar-refractivity contribution < 1.29 is 19.2 Å². The maximum atomic E-state index is 12.2. The van der Waals surface area contributed by atoms with Crippen molar-refractivity contribution in [3.8, 4) is 0 Å². The van der Waals surface area contributed by atoms with Gasteiger partial charge >= 0.3 is 5.97 Å². The Bertz CT molecular complexity index is 659. The lowest BCUT2D eigenvalue weighted by atomic mass is 10.1. The molecule has 8 heteroatoms. The van der Waals surface area contributed by atoms with E-state index in [-0.39, 0.29) is 30.7 Å². The molecular weight excluding hydrogens is 314 g/mol. The second kappa shape index (κ2) is 8.21. The first-order valence-corrected chi connectivity index (χ1v) is 7.54. The highest BCUT2D eigenvalue weighted by molar-refractivity contribution is 5.92. The fourth-order valence-corrected chi connectivity index (χ4v) is 2.30. The zero-order chi connectivity index (χ0) is 17.5. The Morgan fingerprint density at radius 3 is 3.08 bits per heavy atom. The number of benzene rings is 1. The van der Waals surface area contributed by atoms with Gasteiger partial charge in [0.05, 0.1) is 17.6 Å². The fourth-order valence-electron chi connectivity index (χ4n) is 2.30. The van der Waals surface area contributed by atoms with Gasteiger partial charge in [0.15, 0.2) is 0 Å². The van der Waals surface area contributed by atoms with Gasteiger partial charge in [0.1, 0.15) is 6.04 Å². The first-order valence-electron chi connectivity index (χ1n) is 7.54. The number of rotatable bonds is 5. The number of nitro benzene ring substituents is 1. The van der Waals surface area contributed by atoms with Crippen LogP contribution in [0.4, 0.5) is 5.69 Å². The number of esters is 1. The van der Waals surface area contributed by atoms with Gasteiger partial charge in [0.2, 0.25) is 5.91 Å². The van der Waals surface area contributed by atoms with Crippen LogP contribution in [0.2, 0.25) is 0 Å². The lowest BCUT2D eigenvalue weighted by Gasteiger charge is -2.31. The van der Waals surface area contributed by atoms with Crippen LogP contribution in [0.3, 0.4) is 0 Å². The Balaban J connectivity index is 1.99. The summed E-state index contributed by atoms with van der Waals surface area (Å²) in [6.07, 6.45) is 2.84. The van der Waals surface area contributed by atoms with Gasteiger partial charge in [0, 0.05) is 31.8 Å². The van der Waals surface area contributed by atoms with E-state index in [2.05, 4.69) is 11.4 Å². The summed E-state index contributed by atoms with van der Waals surface area (Å²) in [7, 11) is 0. The lowest BCUT2D eigenvalue weighted by molar-refractivity contribution is -0.385. The molecule has 1 aliphatic rings. The number of nitrogens with one attached hydrogen (secondary N) is 1. The SMILES string of the molecule is CCOC(=O)C1CN(C(=O)/C=C/c2cc[c]c([N+](=O)[O-])c2)CCN1. The predicted molar refractivity (Wildman–Crippen MR) is 86.0 cm³/mol. The standard InChI is InChI=1S/C16H18N3O5/c1-2-24-16(21)14-11-18(9-8-17-14)15(20)7-6-12-4-3-5-13(10-12)19(22)23/h3-4,6-7,10,14,17H,2,8-9,11H2,1H3/b7-6+. The summed E-state index contributed by atoms with van der Waals surface area (Å²) < 4.78 is 4.95. The van der Waals surface area contributed by atoms with Crippen LogP contribution in [0.25, 0.3) is 6.08 Å². The molecule has 1 amide bonds. The van der Waals surface area contributed by atoms with E-state index in [0.29, 0.717) is 18.7 Å². The second-order valence-electron chi connectivity index (χ2n) is 5.14. The molecule has 0 aromatic heterocycles. The van der Waals surface area contributed by atoms with Gasteiger partial charge in [-0.15, -0.1) is 0 Å². The van der Waals surface area contributed by atoms with Crippen LogP contribution in [0, 0.1) is 16.2 Å². The van der Waals surface area contributed by atoms with Crippen molar-refractivity contribution in [1.29, 1.82) is 0 Å². The van der Waals surface area contributed by atoms with E-state index in [1.165, 1.54) is 29.2 Å². The van der Waals surface area contributed by atoms with Crippen molar-refractivity contribution >= 4 is 23.6 Å². The number of carbonyl (C=O) groups excluding carboxylic acids is 2.